The first-order valence-electron chi connectivity index (χ1n) is 7.30. The lowest BCUT2D eigenvalue weighted by molar-refractivity contribution is -0.384. The monoisotopic (exact) mass is 294 g/mol. The standard InChI is InChI=1S/C15H26N4O2/c1-7-10-16-13-9-8-12(19(20)21)14(17-13)18(6)11(2)15(3,4)5/h8-9,11H,7,10H2,1-6H3,(H,16,17). The van der Waals surface area contributed by atoms with Crippen LogP contribution in [0.2, 0.25) is 0 Å². The van der Waals surface area contributed by atoms with Crippen molar-refractivity contribution in [1.82, 2.24) is 4.98 Å². The molecule has 6 nitrogen and oxygen atoms in total. The summed E-state index contributed by atoms with van der Waals surface area (Å²) in [6.07, 6.45) is 0.974. The van der Waals surface area contributed by atoms with Crippen LogP contribution < -0.4 is 10.2 Å². The zero-order chi connectivity index (χ0) is 16.2. The molecule has 0 fully saturated rings. The summed E-state index contributed by atoms with van der Waals surface area (Å²) < 4.78 is 0. The smallest absolute Gasteiger partial charge is 0.311 e. The maximum atomic E-state index is 11.2. The third-order valence-corrected chi connectivity index (χ3v) is 3.78. The molecular formula is C15H26N4O2. The van der Waals surface area contributed by atoms with Gasteiger partial charge in [-0.05, 0) is 24.8 Å². The summed E-state index contributed by atoms with van der Waals surface area (Å²) in [4.78, 5) is 17.2. The van der Waals surface area contributed by atoms with Gasteiger partial charge in [0.15, 0.2) is 0 Å². The lowest BCUT2D eigenvalue weighted by atomic mass is 9.87. The molecule has 1 atom stereocenters. The Balaban J connectivity index is 3.19. The highest BCUT2D eigenvalue weighted by molar-refractivity contribution is 5.62. The molecule has 1 aromatic rings. The van der Waals surface area contributed by atoms with Crippen molar-refractivity contribution in [1.29, 1.82) is 0 Å². The number of aromatic nitrogens is 1. The second-order valence-electron chi connectivity index (χ2n) is 6.38. The maximum absolute atomic E-state index is 11.2. The van der Waals surface area contributed by atoms with Gasteiger partial charge in [-0.25, -0.2) is 4.98 Å². The van der Waals surface area contributed by atoms with Crippen molar-refractivity contribution in [2.75, 3.05) is 23.8 Å². The molecule has 1 N–H and O–H groups in total. The highest BCUT2D eigenvalue weighted by atomic mass is 16.6. The number of anilines is 2. The predicted molar refractivity (Wildman–Crippen MR) is 87.0 cm³/mol. The van der Waals surface area contributed by atoms with Gasteiger partial charge in [0.05, 0.1) is 4.92 Å². The van der Waals surface area contributed by atoms with Gasteiger partial charge < -0.3 is 10.2 Å². The van der Waals surface area contributed by atoms with E-state index in [-0.39, 0.29) is 22.1 Å². The van der Waals surface area contributed by atoms with Gasteiger partial charge in [-0.2, -0.15) is 0 Å². The highest BCUT2D eigenvalue weighted by Crippen LogP contribution is 2.32. The van der Waals surface area contributed by atoms with Crippen molar-refractivity contribution in [2.24, 2.45) is 5.41 Å². The fourth-order valence-corrected chi connectivity index (χ4v) is 1.96. The Labute approximate surface area is 126 Å². The van der Waals surface area contributed by atoms with Crippen LogP contribution in [0.1, 0.15) is 41.0 Å². The molecule has 0 aromatic carbocycles. The summed E-state index contributed by atoms with van der Waals surface area (Å²) in [6.45, 7) is 11.2. The van der Waals surface area contributed by atoms with E-state index in [1.54, 1.807) is 6.07 Å². The summed E-state index contributed by atoms with van der Waals surface area (Å²) in [5, 5.41) is 14.4. The molecule has 0 bridgehead atoms. The van der Waals surface area contributed by atoms with Crippen LogP contribution in [-0.2, 0) is 0 Å². The molecule has 118 valence electrons. The quantitative estimate of drug-likeness (QED) is 0.640. The summed E-state index contributed by atoms with van der Waals surface area (Å²) in [7, 11) is 1.86. The SMILES string of the molecule is CCCNc1ccc([N+](=O)[O-])c(N(C)C(C)C(C)(C)C)n1. The topological polar surface area (TPSA) is 71.3 Å². The minimum atomic E-state index is -0.377. The fourth-order valence-electron chi connectivity index (χ4n) is 1.96. The molecule has 1 unspecified atom stereocenters. The third-order valence-electron chi connectivity index (χ3n) is 3.78. The van der Waals surface area contributed by atoms with Crippen molar-refractivity contribution in [3.63, 3.8) is 0 Å². The summed E-state index contributed by atoms with van der Waals surface area (Å²) >= 11 is 0. The van der Waals surface area contributed by atoms with Gasteiger partial charge in [-0.3, -0.25) is 10.1 Å². The van der Waals surface area contributed by atoms with E-state index in [9.17, 15) is 10.1 Å². The van der Waals surface area contributed by atoms with Gasteiger partial charge >= 0.3 is 5.69 Å². The number of nitro groups is 1. The van der Waals surface area contributed by atoms with Crippen LogP contribution in [0, 0.1) is 15.5 Å². The molecule has 1 rings (SSSR count). The van der Waals surface area contributed by atoms with Crippen molar-refractivity contribution in [2.45, 2.75) is 47.1 Å². The first kappa shape index (κ1) is 17.2. The second-order valence-corrected chi connectivity index (χ2v) is 6.38. The van der Waals surface area contributed by atoms with Crippen molar-refractivity contribution < 1.29 is 4.92 Å². The van der Waals surface area contributed by atoms with Gasteiger partial charge in [0.25, 0.3) is 0 Å². The van der Waals surface area contributed by atoms with Gasteiger partial charge in [-0.1, -0.05) is 27.7 Å². The second kappa shape index (κ2) is 6.74. The van der Waals surface area contributed by atoms with E-state index < -0.39 is 0 Å². The Bertz CT molecular complexity index is 497. The molecule has 0 aliphatic rings. The lowest BCUT2D eigenvalue weighted by Gasteiger charge is -2.35. The first-order valence-corrected chi connectivity index (χ1v) is 7.30. The van der Waals surface area contributed by atoms with Crippen molar-refractivity contribution in [3.05, 3.63) is 22.2 Å². The molecule has 0 aliphatic heterocycles. The largest absolute Gasteiger partial charge is 0.370 e. The van der Waals surface area contributed by atoms with E-state index >= 15 is 0 Å². The van der Waals surface area contributed by atoms with Crippen LogP contribution in [0.25, 0.3) is 0 Å². The molecule has 0 saturated carbocycles. The Hall–Kier alpha value is -1.85. The number of pyridine rings is 1. The van der Waals surface area contributed by atoms with Crippen molar-refractivity contribution >= 4 is 17.3 Å². The molecule has 1 aromatic heterocycles. The molecule has 0 amide bonds. The fraction of sp³-hybridized carbons (Fsp3) is 0.667. The average Bonchev–Trinajstić information content (AvgIpc) is 2.41. The number of nitrogens with zero attached hydrogens (tertiary/aromatic N) is 3. The summed E-state index contributed by atoms with van der Waals surface area (Å²) in [6, 6.07) is 3.30. The van der Waals surface area contributed by atoms with E-state index in [1.165, 1.54) is 6.07 Å². The molecule has 0 aliphatic carbocycles. The Kier molecular flexibility index (Phi) is 5.52. The Morgan fingerprint density at radius 1 is 1.43 bits per heavy atom. The zero-order valence-corrected chi connectivity index (χ0v) is 13.8. The lowest BCUT2D eigenvalue weighted by Crippen LogP contribution is -2.40. The molecule has 6 heteroatoms. The minimum Gasteiger partial charge on any atom is -0.370 e. The van der Waals surface area contributed by atoms with Crippen LogP contribution in [-0.4, -0.2) is 29.5 Å². The van der Waals surface area contributed by atoms with E-state index in [4.69, 9.17) is 0 Å². The maximum Gasteiger partial charge on any atom is 0.311 e. The van der Waals surface area contributed by atoms with Crippen molar-refractivity contribution in [3.8, 4) is 0 Å². The van der Waals surface area contributed by atoms with Gasteiger partial charge in [0.2, 0.25) is 5.82 Å². The number of hydrogen-bond donors (Lipinski definition) is 1. The molecule has 0 saturated heterocycles. The van der Waals surface area contributed by atoms with Crippen LogP contribution in [0.3, 0.4) is 0 Å². The van der Waals surface area contributed by atoms with E-state index in [2.05, 4.69) is 44.9 Å². The Morgan fingerprint density at radius 2 is 2.05 bits per heavy atom. The van der Waals surface area contributed by atoms with Crippen LogP contribution in [0.4, 0.5) is 17.3 Å². The van der Waals surface area contributed by atoms with Crippen LogP contribution in [0.5, 0.6) is 0 Å². The van der Waals surface area contributed by atoms with Gasteiger partial charge in [0, 0.05) is 25.7 Å². The third kappa shape index (κ3) is 4.31. The average molecular weight is 294 g/mol. The summed E-state index contributed by atoms with van der Waals surface area (Å²) in [5.41, 5.74) is 0.0348. The van der Waals surface area contributed by atoms with Crippen LogP contribution in [0.15, 0.2) is 12.1 Å². The summed E-state index contributed by atoms with van der Waals surface area (Å²) in [5.74, 6) is 1.08. The van der Waals surface area contributed by atoms with Gasteiger partial charge in [-0.15, -0.1) is 0 Å². The number of hydrogen-bond acceptors (Lipinski definition) is 5. The minimum absolute atomic E-state index is 0.00283. The number of nitrogens with one attached hydrogen (secondary N) is 1. The molecular weight excluding hydrogens is 268 g/mol. The predicted octanol–water partition coefficient (Wildman–Crippen LogP) is 3.68. The van der Waals surface area contributed by atoms with E-state index in [0.29, 0.717) is 11.6 Å². The van der Waals surface area contributed by atoms with E-state index in [1.807, 2.05) is 11.9 Å². The Morgan fingerprint density at radius 3 is 2.52 bits per heavy atom. The van der Waals surface area contributed by atoms with Crippen LogP contribution >= 0.6 is 0 Å². The first-order chi connectivity index (χ1) is 9.68. The molecule has 0 radical (unpaired) electrons. The normalized spacial score (nSPS) is 12.9. The van der Waals surface area contributed by atoms with E-state index in [0.717, 1.165) is 13.0 Å². The van der Waals surface area contributed by atoms with Gasteiger partial charge in [0.1, 0.15) is 5.82 Å². The molecule has 1 heterocycles. The molecule has 0 spiro atoms. The zero-order valence-electron chi connectivity index (χ0n) is 13.8. The highest BCUT2D eigenvalue weighted by Gasteiger charge is 2.29. The molecule has 21 heavy (non-hydrogen) atoms. The number of rotatable bonds is 6.